The minimum absolute atomic E-state index is 0.0611. The standard InChI is InChI=1S/C28H34N2O5S/c1-33-21-11-8-19(9-12-21)17-26-28(32)30(22-6-4-5-7-25(22)36-26)18-27(31)29-15-14-20-10-13-23(34-2)24(16-20)35-3/h8-13,16-17,22,25H,4-7,14-15,18H2,1-3H3,(H,29,31)/b26-17-. The van der Waals surface area contributed by atoms with Gasteiger partial charge in [0, 0.05) is 17.8 Å². The van der Waals surface area contributed by atoms with Crippen LogP contribution in [0.1, 0.15) is 36.8 Å². The van der Waals surface area contributed by atoms with Crippen LogP contribution in [0.15, 0.2) is 47.4 Å². The summed E-state index contributed by atoms with van der Waals surface area (Å²) in [6.07, 6.45) is 6.83. The normalized spacial score (nSPS) is 20.6. The highest BCUT2D eigenvalue weighted by atomic mass is 32.2. The largest absolute Gasteiger partial charge is 0.497 e. The molecule has 1 aliphatic heterocycles. The molecule has 1 N–H and O–H groups in total. The Balaban J connectivity index is 1.40. The average molecular weight is 511 g/mol. The van der Waals surface area contributed by atoms with E-state index in [0.29, 0.717) is 34.6 Å². The van der Waals surface area contributed by atoms with Gasteiger partial charge in [0.15, 0.2) is 11.5 Å². The van der Waals surface area contributed by atoms with Crippen molar-refractivity contribution < 1.29 is 23.8 Å². The zero-order valence-corrected chi connectivity index (χ0v) is 21.9. The molecule has 8 heteroatoms. The van der Waals surface area contributed by atoms with Gasteiger partial charge in [-0.3, -0.25) is 9.59 Å². The molecule has 4 rings (SSSR count). The van der Waals surface area contributed by atoms with Crippen LogP contribution in [0.25, 0.3) is 6.08 Å². The third-order valence-corrected chi connectivity index (χ3v) is 8.13. The molecular formula is C28H34N2O5S. The second kappa shape index (κ2) is 12.2. The van der Waals surface area contributed by atoms with Gasteiger partial charge in [0.2, 0.25) is 5.91 Å². The van der Waals surface area contributed by atoms with Gasteiger partial charge >= 0.3 is 0 Å². The van der Waals surface area contributed by atoms with Crippen molar-refractivity contribution in [1.82, 2.24) is 10.2 Å². The molecule has 1 saturated heterocycles. The summed E-state index contributed by atoms with van der Waals surface area (Å²) in [5, 5.41) is 3.31. The van der Waals surface area contributed by atoms with Gasteiger partial charge in [0.05, 0.1) is 26.2 Å². The second-order valence-electron chi connectivity index (χ2n) is 9.01. The lowest BCUT2D eigenvalue weighted by Crippen LogP contribution is -2.54. The van der Waals surface area contributed by atoms with Crippen molar-refractivity contribution in [2.24, 2.45) is 0 Å². The van der Waals surface area contributed by atoms with E-state index in [1.807, 2.05) is 48.5 Å². The Morgan fingerprint density at radius 1 is 1.03 bits per heavy atom. The van der Waals surface area contributed by atoms with Crippen LogP contribution in [0.4, 0.5) is 0 Å². The van der Waals surface area contributed by atoms with Gasteiger partial charge in [-0.25, -0.2) is 0 Å². The number of ether oxygens (including phenoxy) is 3. The summed E-state index contributed by atoms with van der Waals surface area (Å²) in [6, 6.07) is 13.5. The van der Waals surface area contributed by atoms with Crippen molar-refractivity contribution >= 4 is 29.7 Å². The average Bonchev–Trinajstić information content (AvgIpc) is 2.91. The number of amides is 2. The molecule has 0 radical (unpaired) electrons. The first-order valence-corrected chi connectivity index (χ1v) is 13.2. The monoisotopic (exact) mass is 510 g/mol. The maximum Gasteiger partial charge on any atom is 0.261 e. The third-order valence-electron chi connectivity index (χ3n) is 6.73. The first kappa shape index (κ1) is 25.9. The summed E-state index contributed by atoms with van der Waals surface area (Å²) in [5.74, 6) is 1.92. The number of rotatable bonds is 9. The minimum Gasteiger partial charge on any atom is -0.497 e. The fraction of sp³-hybridized carbons (Fsp3) is 0.429. The Labute approximate surface area is 217 Å². The predicted molar refractivity (Wildman–Crippen MR) is 143 cm³/mol. The molecule has 2 unspecified atom stereocenters. The van der Waals surface area contributed by atoms with Crippen molar-refractivity contribution in [3.8, 4) is 17.2 Å². The molecule has 7 nitrogen and oxygen atoms in total. The summed E-state index contributed by atoms with van der Waals surface area (Å²) >= 11 is 1.67. The lowest BCUT2D eigenvalue weighted by atomic mass is 9.93. The molecule has 2 aromatic rings. The third kappa shape index (κ3) is 6.16. The molecule has 1 heterocycles. The number of carbonyl (C=O) groups is 2. The van der Waals surface area contributed by atoms with Crippen molar-refractivity contribution in [2.45, 2.75) is 43.4 Å². The molecule has 1 saturated carbocycles. The van der Waals surface area contributed by atoms with Gasteiger partial charge in [0.25, 0.3) is 5.91 Å². The zero-order chi connectivity index (χ0) is 25.5. The minimum atomic E-state index is -0.135. The van der Waals surface area contributed by atoms with Crippen molar-refractivity contribution in [1.29, 1.82) is 0 Å². The number of methoxy groups -OCH3 is 3. The SMILES string of the molecule is COc1ccc(/C=C2\SC3CCCCC3N(CC(=O)NCCc3ccc(OC)c(OC)c3)C2=O)cc1. The van der Waals surface area contributed by atoms with Crippen LogP contribution in [0.3, 0.4) is 0 Å². The molecule has 2 atom stereocenters. The van der Waals surface area contributed by atoms with Crippen LogP contribution in [0, 0.1) is 0 Å². The van der Waals surface area contributed by atoms with Crippen molar-refractivity contribution in [2.75, 3.05) is 34.4 Å². The molecule has 2 aromatic carbocycles. The summed E-state index contributed by atoms with van der Waals surface area (Å²) in [7, 11) is 4.84. The van der Waals surface area contributed by atoms with Crippen LogP contribution in [0.5, 0.6) is 17.2 Å². The fourth-order valence-electron chi connectivity index (χ4n) is 4.81. The molecule has 192 valence electrons. The molecule has 0 bridgehead atoms. The number of fused-ring (bicyclic) bond motifs is 1. The second-order valence-corrected chi connectivity index (χ2v) is 10.3. The van der Waals surface area contributed by atoms with Gasteiger partial charge in [0.1, 0.15) is 12.3 Å². The highest BCUT2D eigenvalue weighted by molar-refractivity contribution is 8.04. The zero-order valence-electron chi connectivity index (χ0n) is 21.1. The number of carbonyl (C=O) groups excluding carboxylic acids is 2. The number of hydrogen-bond donors (Lipinski definition) is 1. The highest BCUT2D eigenvalue weighted by Gasteiger charge is 2.41. The van der Waals surface area contributed by atoms with E-state index < -0.39 is 0 Å². The Morgan fingerprint density at radius 2 is 1.78 bits per heavy atom. The molecule has 2 fully saturated rings. The van der Waals surface area contributed by atoms with E-state index in [2.05, 4.69) is 5.32 Å². The van der Waals surface area contributed by atoms with Gasteiger partial charge in [-0.1, -0.05) is 31.0 Å². The molecule has 1 aliphatic carbocycles. The topological polar surface area (TPSA) is 77.1 Å². The van der Waals surface area contributed by atoms with E-state index in [1.54, 1.807) is 38.0 Å². The van der Waals surface area contributed by atoms with Gasteiger partial charge in [-0.05, 0) is 60.7 Å². The lowest BCUT2D eigenvalue weighted by molar-refractivity contribution is -0.135. The number of nitrogens with zero attached hydrogens (tertiary/aromatic N) is 1. The Kier molecular flexibility index (Phi) is 8.80. The number of thioether (sulfide) groups is 1. The van der Waals surface area contributed by atoms with Crippen LogP contribution < -0.4 is 19.5 Å². The summed E-state index contributed by atoms with van der Waals surface area (Å²) in [5.41, 5.74) is 1.98. The number of benzene rings is 2. The van der Waals surface area contributed by atoms with Crippen LogP contribution in [-0.4, -0.2) is 62.4 Å². The first-order valence-electron chi connectivity index (χ1n) is 12.3. The predicted octanol–water partition coefficient (Wildman–Crippen LogP) is 4.30. The van der Waals surface area contributed by atoms with Crippen LogP contribution in [0.2, 0.25) is 0 Å². The summed E-state index contributed by atoms with van der Waals surface area (Å²) < 4.78 is 15.9. The van der Waals surface area contributed by atoms with E-state index >= 15 is 0 Å². The quantitative estimate of drug-likeness (QED) is 0.507. The highest BCUT2D eigenvalue weighted by Crippen LogP contribution is 2.42. The van der Waals surface area contributed by atoms with Crippen LogP contribution >= 0.6 is 11.8 Å². The van der Waals surface area contributed by atoms with E-state index in [0.717, 1.165) is 42.6 Å². The summed E-state index contributed by atoms with van der Waals surface area (Å²) in [6.45, 7) is 0.556. The van der Waals surface area contributed by atoms with E-state index in [9.17, 15) is 9.59 Å². The van der Waals surface area contributed by atoms with E-state index in [-0.39, 0.29) is 24.4 Å². The maximum absolute atomic E-state index is 13.5. The molecule has 0 spiro atoms. The Morgan fingerprint density at radius 3 is 2.50 bits per heavy atom. The lowest BCUT2D eigenvalue weighted by Gasteiger charge is -2.43. The maximum atomic E-state index is 13.5. The van der Waals surface area contributed by atoms with Crippen molar-refractivity contribution in [3.63, 3.8) is 0 Å². The van der Waals surface area contributed by atoms with Gasteiger partial charge in [-0.2, -0.15) is 0 Å². The smallest absolute Gasteiger partial charge is 0.261 e. The summed E-state index contributed by atoms with van der Waals surface area (Å²) in [4.78, 5) is 28.9. The van der Waals surface area contributed by atoms with Gasteiger partial charge in [-0.15, -0.1) is 11.8 Å². The van der Waals surface area contributed by atoms with E-state index in [4.69, 9.17) is 14.2 Å². The van der Waals surface area contributed by atoms with E-state index in [1.165, 1.54) is 0 Å². The molecule has 36 heavy (non-hydrogen) atoms. The van der Waals surface area contributed by atoms with Gasteiger partial charge < -0.3 is 24.4 Å². The Hall–Kier alpha value is -3.13. The van der Waals surface area contributed by atoms with Crippen LogP contribution in [-0.2, 0) is 16.0 Å². The van der Waals surface area contributed by atoms with Crippen molar-refractivity contribution in [3.05, 3.63) is 58.5 Å². The number of nitrogens with one attached hydrogen (secondary N) is 1. The molecule has 0 aromatic heterocycles. The molecule has 2 aliphatic rings. The fourth-order valence-corrected chi connectivity index (χ4v) is 6.28. The Bertz CT molecular complexity index is 1100. The molecular weight excluding hydrogens is 476 g/mol. The number of hydrogen-bond acceptors (Lipinski definition) is 6. The molecule has 2 amide bonds. The first-order chi connectivity index (χ1) is 17.5.